The van der Waals surface area contributed by atoms with Gasteiger partial charge in [-0.1, -0.05) is 54.1 Å². The first-order chi connectivity index (χ1) is 19.8. The molecule has 1 atom stereocenters. The van der Waals surface area contributed by atoms with Crippen LogP contribution in [0.4, 0.5) is 4.39 Å². The van der Waals surface area contributed by atoms with E-state index >= 15 is 0 Å². The van der Waals surface area contributed by atoms with Crippen LogP contribution in [0.3, 0.4) is 0 Å². The molecule has 222 valence electrons. The van der Waals surface area contributed by atoms with Gasteiger partial charge in [0.2, 0.25) is 0 Å². The number of rotatable bonds is 13. The second-order valence-electron chi connectivity index (χ2n) is 10.8. The zero-order chi connectivity index (χ0) is 29.8. The number of hydrogen-bond donors (Lipinski definition) is 1. The largest absolute Gasteiger partial charge is 0.463 e. The molecule has 2 aromatic rings. The van der Waals surface area contributed by atoms with Crippen LogP contribution in [-0.2, 0) is 4.74 Å². The minimum atomic E-state index is 0.0522. The number of likely N-dealkylation sites (tertiary alicyclic amines) is 1. The summed E-state index contributed by atoms with van der Waals surface area (Å²) in [6.07, 6.45) is 5.84. The van der Waals surface area contributed by atoms with E-state index in [9.17, 15) is 4.39 Å². The van der Waals surface area contributed by atoms with Crippen molar-refractivity contribution in [1.82, 2.24) is 15.1 Å². The maximum absolute atomic E-state index is 14.6. The molecule has 2 aromatic carbocycles. The van der Waals surface area contributed by atoms with Gasteiger partial charge in [-0.15, -0.1) is 0 Å². The first-order valence-electron chi connectivity index (χ1n) is 14.4. The van der Waals surface area contributed by atoms with Gasteiger partial charge >= 0.3 is 6.02 Å². The molecule has 41 heavy (non-hydrogen) atoms. The van der Waals surface area contributed by atoms with Crippen molar-refractivity contribution in [2.45, 2.75) is 58.5 Å². The molecule has 8 heteroatoms. The molecular formula is C33H45ClFN5O. The van der Waals surface area contributed by atoms with E-state index in [2.05, 4.69) is 77.0 Å². The molecule has 0 amide bonds. The lowest BCUT2D eigenvalue weighted by molar-refractivity contribution is 0.227. The molecule has 0 aromatic heterocycles. The third-order valence-electron chi connectivity index (χ3n) is 7.72. The van der Waals surface area contributed by atoms with Gasteiger partial charge in [-0.2, -0.15) is 4.99 Å². The maximum atomic E-state index is 14.6. The van der Waals surface area contributed by atoms with E-state index < -0.39 is 0 Å². The second-order valence-corrected chi connectivity index (χ2v) is 11.2. The summed E-state index contributed by atoms with van der Waals surface area (Å²) in [6, 6.07) is 15.1. The molecule has 1 fully saturated rings. The summed E-state index contributed by atoms with van der Waals surface area (Å²) in [5.41, 5.74) is 2.79. The van der Waals surface area contributed by atoms with E-state index in [0.29, 0.717) is 36.0 Å². The number of fused-ring (bicyclic) bond motifs is 1. The Bertz CT molecular complexity index is 1280. The van der Waals surface area contributed by atoms with Crippen LogP contribution in [0.25, 0.3) is 16.3 Å². The molecule has 1 heterocycles. The van der Waals surface area contributed by atoms with Crippen molar-refractivity contribution in [3.8, 4) is 0 Å². The first-order valence-corrected chi connectivity index (χ1v) is 14.8. The zero-order valence-corrected chi connectivity index (χ0v) is 25.9. The molecular weight excluding hydrogens is 537 g/mol. The molecule has 0 aliphatic carbocycles. The van der Waals surface area contributed by atoms with Gasteiger partial charge in [-0.3, -0.25) is 4.90 Å². The average Bonchev–Trinajstić information content (AvgIpc) is 3.42. The second kappa shape index (κ2) is 16.6. The predicted octanol–water partition coefficient (Wildman–Crippen LogP) is 7.38. The lowest BCUT2D eigenvalue weighted by Crippen LogP contribution is -2.36. The fraction of sp³-hybridized carbons (Fsp3) is 0.455. The topological polar surface area (TPSA) is 52.5 Å². The van der Waals surface area contributed by atoms with Crippen LogP contribution in [-0.4, -0.2) is 75.1 Å². The van der Waals surface area contributed by atoms with E-state index in [1.807, 2.05) is 38.2 Å². The standard InChI is InChI=1S/C33H45ClFN5O/c1-24(2)39(6)17-11-19-41-33(37-5)38-32(22-35)27(20-28-14-10-18-40(28)23-36-4)21-31(34)25(3)29-16-9-13-26-12-7-8-15-30(26)29/h7-9,12-13,15-16,21-22,24,28,36H,5,10-11,14,17-20,23H2,1-4,6H3/b27-21-,31-25-,32-22-,38-33?. The Hall–Kier alpha value is -2.84. The van der Waals surface area contributed by atoms with Crippen LogP contribution < -0.4 is 5.32 Å². The number of nitrogens with zero attached hydrogens (tertiary/aromatic N) is 4. The van der Waals surface area contributed by atoms with Crippen molar-refractivity contribution in [3.05, 3.63) is 76.7 Å². The Labute approximate surface area is 250 Å². The number of aliphatic imine (C=N–C) groups is 2. The predicted molar refractivity (Wildman–Crippen MR) is 173 cm³/mol. The van der Waals surface area contributed by atoms with Crippen LogP contribution in [0.15, 0.2) is 81.2 Å². The summed E-state index contributed by atoms with van der Waals surface area (Å²) in [5, 5.41) is 6.04. The van der Waals surface area contributed by atoms with Gasteiger partial charge in [0.1, 0.15) is 12.0 Å². The van der Waals surface area contributed by atoms with Crippen LogP contribution in [0, 0.1) is 0 Å². The van der Waals surface area contributed by atoms with Gasteiger partial charge in [-0.05, 0) is 107 Å². The Morgan fingerprint density at radius 1 is 1.27 bits per heavy atom. The number of amidine groups is 1. The lowest BCUT2D eigenvalue weighted by Gasteiger charge is -2.25. The van der Waals surface area contributed by atoms with E-state index in [1.165, 1.54) is 0 Å². The Morgan fingerprint density at radius 2 is 2.02 bits per heavy atom. The fourth-order valence-corrected chi connectivity index (χ4v) is 5.32. The van der Waals surface area contributed by atoms with Gasteiger partial charge < -0.3 is 15.0 Å². The minimum Gasteiger partial charge on any atom is -0.463 e. The Balaban J connectivity index is 1.95. The molecule has 1 unspecified atom stereocenters. The van der Waals surface area contributed by atoms with Crippen molar-refractivity contribution in [2.24, 2.45) is 9.98 Å². The van der Waals surface area contributed by atoms with Crippen LogP contribution >= 0.6 is 11.6 Å². The van der Waals surface area contributed by atoms with Crippen LogP contribution in [0.1, 0.15) is 52.0 Å². The number of halogens is 2. The summed E-state index contributed by atoms with van der Waals surface area (Å²) < 4.78 is 20.4. The number of hydrogen-bond acceptors (Lipinski definition) is 5. The molecule has 3 rings (SSSR count). The van der Waals surface area contributed by atoms with Gasteiger partial charge in [0.05, 0.1) is 6.61 Å². The van der Waals surface area contributed by atoms with Crippen molar-refractivity contribution in [1.29, 1.82) is 0 Å². The van der Waals surface area contributed by atoms with Crippen molar-refractivity contribution < 1.29 is 9.13 Å². The summed E-state index contributed by atoms with van der Waals surface area (Å²) in [7, 11) is 4.01. The highest BCUT2D eigenvalue weighted by atomic mass is 35.5. The number of benzene rings is 2. The highest BCUT2D eigenvalue weighted by molar-refractivity contribution is 6.34. The van der Waals surface area contributed by atoms with Crippen LogP contribution in [0.2, 0.25) is 0 Å². The Kier molecular flexibility index (Phi) is 13.2. The molecule has 0 radical (unpaired) electrons. The van der Waals surface area contributed by atoms with Crippen molar-refractivity contribution in [2.75, 3.05) is 40.5 Å². The van der Waals surface area contributed by atoms with Gasteiger partial charge in [-0.25, -0.2) is 9.38 Å². The first kappa shape index (κ1) is 32.7. The molecule has 1 saturated heterocycles. The number of nitrogens with one attached hydrogen (secondary N) is 1. The molecule has 0 bridgehead atoms. The lowest BCUT2D eigenvalue weighted by atomic mass is 9.97. The molecule has 0 saturated carbocycles. The molecule has 6 nitrogen and oxygen atoms in total. The summed E-state index contributed by atoms with van der Waals surface area (Å²) in [6.45, 7) is 12.9. The number of ether oxygens (including phenoxy) is 1. The third-order valence-corrected chi connectivity index (χ3v) is 8.11. The smallest absolute Gasteiger partial charge is 0.316 e. The Morgan fingerprint density at radius 3 is 2.73 bits per heavy atom. The highest BCUT2D eigenvalue weighted by Gasteiger charge is 2.26. The van der Waals surface area contributed by atoms with Gasteiger partial charge in [0.15, 0.2) is 0 Å². The molecule has 1 N–H and O–H groups in total. The fourth-order valence-electron chi connectivity index (χ4n) is 5.09. The van der Waals surface area contributed by atoms with Crippen LogP contribution in [0.5, 0.6) is 0 Å². The van der Waals surface area contributed by atoms with E-state index in [1.54, 1.807) is 0 Å². The third kappa shape index (κ3) is 9.33. The summed E-state index contributed by atoms with van der Waals surface area (Å²) in [5.74, 6) is 0. The maximum Gasteiger partial charge on any atom is 0.316 e. The van der Waals surface area contributed by atoms with Gasteiger partial charge in [0.25, 0.3) is 0 Å². The van der Waals surface area contributed by atoms with Gasteiger partial charge in [0, 0.05) is 30.3 Å². The quantitative estimate of drug-likeness (QED) is 0.116. The van der Waals surface area contributed by atoms with Crippen molar-refractivity contribution >= 4 is 40.7 Å². The monoisotopic (exact) mass is 581 g/mol. The van der Waals surface area contributed by atoms with E-state index in [0.717, 1.165) is 60.9 Å². The zero-order valence-electron chi connectivity index (χ0n) is 25.2. The summed E-state index contributed by atoms with van der Waals surface area (Å²) in [4.78, 5) is 13.0. The minimum absolute atomic E-state index is 0.0522. The van der Waals surface area contributed by atoms with E-state index in [-0.39, 0.29) is 17.8 Å². The SMILES string of the molecule is C=NC(=NC(=C\F)/C(=C\C(Cl)=C(/C)c1cccc2ccccc12)CC1CCCN1CNC)OCCCN(C)C(C)C. The molecule has 1 aliphatic heterocycles. The molecule has 0 spiro atoms. The van der Waals surface area contributed by atoms with Crippen molar-refractivity contribution in [3.63, 3.8) is 0 Å². The summed E-state index contributed by atoms with van der Waals surface area (Å²) >= 11 is 6.98. The molecule has 1 aliphatic rings. The van der Waals surface area contributed by atoms with E-state index in [4.69, 9.17) is 16.3 Å². The number of allylic oxidation sites excluding steroid dienone is 4. The normalized spacial score (nSPS) is 18.0. The highest BCUT2D eigenvalue weighted by Crippen LogP contribution is 2.33. The average molecular weight is 582 g/mol.